The summed E-state index contributed by atoms with van der Waals surface area (Å²) in [6.45, 7) is 2.87. The van der Waals surface area contributed by atoms with Crippen molar-refractivity contribution in [2.45, 2.75) is 19.3 Å². The minimum atomic E-state index is -4.03. The van der Waals surface area contributed by atoms with Crippen LogP contribution in [0.15, 0.2) is 30.3 Å². The molecule has 2 aromatic rings. The number of methoxy groups -OCH3 is 1. The molecule has 0 atom stereocenters. The van der Waals surface area contributed by atoms with Crippen LogP contribution < -0.4 is 15.4 Å². The number of ether oxygens (including phenoxy) is 1. The van der Waals surface area contributed by atoms with Crippen LogP contribution in [0, 0.1) is 26.9 Å². The van der Waals surface area contributed by atoms with Crippen molar-refractivity contribution < 1.29 is 26.3 Å². The third-order valence-electron chi connectivity index (χ3n) is 5.65. The minimum absolute atomic E-state index is 0.106. The lowest BCUT2D eigenvalue weighted by molar-refractivity contribution is 0.197. The van der Waals surface area contributed by atoms with Gasteiger partial charge in [0.05, 0.1) is 18.0 Å². The van der Waals surface area contributed by atoms with E-state index in [-0.39, 0.29) is 11.4 Å². The maximum Gasteiger partial charge on any atom is 0.301 e. The number of hydrogen-bond donors (Lipinski definition) is 3. The van der Waals surface area contributed by atoms with Crippen LogP contribution >= 0.6 is 22.6 Å². The van der Waals surface area contributed by atoms with E-state index < -0.39 is 33.3 Å². The number of hydrogen-bond acceptors (Lipinski definition) is 5. The van der Waals surface area contributed by atoms with Crippen molar-refractivity contribution in [2.24, 2.45) is 5.92 Å². The van der Waals surface area contributed by atoms with Crippen molar-refractivity contribution >= 4 is 49.9 Å². The normalized spacial score (nSPS) is 15.4. The van der Waals surface area contributed by atoms with Crippen LogP contribution in [0.4, 0.5) is 30.2 Å². The van der Waals surface area contributed by atoms with Crippen molar-refractivity contribution in [1.29, 1.82) is 0 Å². The van der Waals surface area contributed by atoms with E-state index in [1.54, 1.807) is 13.2 Å². The second-order valence-electron chi connectivity index (χ2n) is 8.01. The van der Waals surface area contributed by atoms with Crippen LogP contribution in [0.1, 0.15) is 19.3 Å². The summed E-state index contributed by atoms with van der Waals surface area (Å²) in [6, 6.07) is 6.12. The van der Waals surface area contributed by atoms with Crippen LogP contribution in [0.3, 0.4) is 0 Å². The Hall–Kier alpha value is -1.61. The molecule has 1 saturated heterocycles. The second kappa shape index (κ2) is 12.4. The molecule has 1 aliphatic heterocycles. The molecule has 34 heavy (non-hydrogen) atoms. The van der Waals surface area contributed by atoms with Crippen molar-refractivity contribution in [3.8, 4) is 0 Å². The number of benzene rings is 2. The van der Waals surface area contributed by atoms with Crippen molar-refractivity contribution in [3.63, 3.8) is 0 Å². The Bertz CT molecular complexity index is 1080. The Kier molecular flexibility index (Phi) is 9.83. The van der Waals surface area contributed by atoms with Gasteiger partial charge >= 0.3 is 10.2 Å². The molecule has 2 aromatic carbocycles. The van der Waals surface area contributed by atoms with Gasteiger partial charge in [0, 0.05) is 30.3 Å². The van der Waals surface area contributed by atoms with Gasteiger partial charge in [0.2, 0.25) is 0 Å². The molecule has 3 rings (SSSR count). The number of anilines is 3. The summed E-state index contributed by atoms with van der Waals surface area (Å²) >= 11 is 1.92. The average Bonchev–Trinajstić information content (AvgIpc) is 2.80. The lowest BCUT2D eigenvalue weighted by Crippen LogP contribution is -2.42. The molecule has 3 N–H and O–H groups in total. The Morgan fingerprint density at radius 2 is 1.76 bits per heavy atom. The van der Waals surface area contributed by atoms with Crippen LogP contribution in [0.5, 0.6) is 0 Å². The third kappa shape index (κ3) is 7.20. The maximum atomic E-state index is 14.6. The molecule has 0 unspecified atom stereocenters. The molecule has 0 saturated carbocycles. The maximum absolute atomic E-state index is 14.6. The molecule has 0 spiro atoms. The Morgan fingerprint density at radius 1 is 1.06 bits per heavy atom. The first kappa shape index (κ1) is 27.0. The van der Waals surface area contributed by atoms with Gasteiger partial charge < -0.3 is 15.4 Å². The van der Waals surface area contributed by atoms with Gasteiger partial charge in [0.15, 0.2) is 11.6 Å². The first-order valence-electron chi connectivity index (χ1n) is 10.9. The van der Waals surface area contributed by atoms with Gasteiger partial charge in [-0.25, -0.2) is 13.2 Å². The zero-order chi connectivity index (χ0) is 24.7. The van der Waals surface area contributed by atoms with Gasteiger partial charge in [0.25, 0.3) is 0 Å². The summed E-state index contributed by atoms with van der Waals surface area (Å²) in [5, 5.41) is 5.77. The summed E-state index contributed by atoms with van der Waals surface area (Å²) in [5.41, 5.74) is -0.799. The number of rotatable bonds is 11. The first-order valence-corrected chi connectivity index (χ1v) is 13.4. The van der Waals surface area contributed by atoms with Crippen molar-refractivity contribution in [2.75, 3.05) is 49.9 Å². The molecule has 0 bridgehead atoms. The van der Waals surface area contributed by atoms with E-state index in [1.807, 2.05) is 22.6 Å². The van der Waals surface area contributed by atoms with Gasteiger partial charge in [0.1, 0.15) is 11.5 Å². The number of halogens is 4. The SMILES string of the molecule is COCCNCCC1CCN(S(=O)(=O)Nc2ccc(F)c(F)c2Nc2ccc(I)cc2F)CC1. The zero-order valence-corrected chi connectivity index (χ0v) is 21.7. The van der Waals surface area contributed by atoms with Crippen molar-refractivity contribution in [3.05, 3.63) is 51.4 Å². The highest BCUT2D eigenvalue weighted by Crippen LogP contribution is 2.33. The average molecular weight is 612 g/mol. The fourth-order valence-electron chi connectivity index (χ4n) is 3.73. The quantitative estimate of drug-likeness (QED) is 0.258. The van der Waals surface area contributed by atoms with Crippen LogP contribution in [-0.2, 0) is 14.9 Å². The number of piperidine rings is 1. The molecule has 0 amide bonds. The monoisotopic (exact) mass is 612 g/mol. The minimum Gasteiger partial charge on any atom is -0.383 e. The molecule has 1 heterocycles. The molecule has 188 valence electrons. The number of nitrogens with one attached hydrogen (secondary N) is 3. The van der Waals surface area contributed by atoms with Crippen LogP contribution in [0.2, 0.25) is 0 Å². The zero-order valence-electron chi connectivity index (χ0n) is 18.7. The number of nitrogens with zero attached hydrogens (tertiary/aromatic N) is 1. The van der Waals surface area contributed by atoms with Crippen LogP contribution in [0.25, 0.3) is 0 Å². The summed E-state index contributed by atoms with van der Waals surface area (Å²) in [5.74, 6) is -2.77. The molecular weight excluding hydrogens is 584 g/mol. The molecule has 1 aliphatic rings. The van der Waals surface area contributed by atoms with Gasteiger partial charge in [-0.3, -0.25) is 4.72 Å². The largest absolute Gasteiger partial charge is 0.383 e. The van der Waals surface area contributed by atoms with Gasteiger partial charge in [-0.05, 0) is 84.6 Å². The lowest BCUT2D eigenvalue weighted by atomic mass is 9.95. The second-order valence-corrected chi connectivity index (χ2v) is 10.9. The highest BCUT2D eigenvalue weighted by molar-refractivity contribution is 14.1. The van der Waals surface area contributed by atoms with E-state index in [0.717, 1.165) is 31.6 Å². The molecule has 12 heteroatoms. The first-order chi connectivity index (χ1) is 16.2. The molecule has 0 aliphatic carbocycles. The predicted octanol–water partition coefficient (Wildman–Crippen LogP) is 4.45. The van der Waals surface area contributed by atoms with Crippen LogP contribution in [-0.4, -0.2) is 52.6 Å². The Labute approximate surface area is 211 Å². The fourth-order valence-corrected chi connectivity index (χ4v) is 5.45. The summed E-state index contributed by atoms with van der Waals surface area (Å²) < 4.78 is 78.0. The fraction of sp³-hybridized carbons (Fsp3) is 0.455. The standard InChI is InChI=1S/C22H28F3IN4O3S/c1-33-13-10-27-9-6-15-7-11-30(12-8-15)34(31,32)29-20-5-3-17(23)21(25)22(20)28-19-4-2-16(26)14-18(19)24/h2-5,14-15,27-29H,6-13H2,1H3. The van der Waals surface area contributed by atoms with E-state index in [2.05, 4.69) is 15.4 Å². The van der Waals surface area contributed by atoms with E-state index in [0.29, 0.717) is 42.0 Å². The van der Waals surface area contributed by atoms with E-state index in [1.165, 1.54) is 16.4 Å². The van der Waals surface area contributed by atoms with E-state index >= 15 is 0 Å². The van der Waals surface area contributed by atoms with Gasteiger partial charge in [-0.15, -0.1) is 0 Å². The molecule has 1 fully saturated rings. The molecular formula is C22H28F3IN4O3S. The lowest BCUT2D eigenvalue weighted by Gasteiger charge is -2.31. The highest BCUT2D eigenvalue weighted by atomic mass is 127. The van der Waals surface area contributed by atoms with E-state index in [4.69, 9.17) is 4.74 Å². The van der Waals surface area contributed by atoms with Gasteiger partial charge in [-0.1, -0.05) is 0 Å². The molecule has 7 nitrogen and oxygen atoms in total. The predicted molar refractivity (Wildman–Crippen MR) is 135 cm³/mol. The Balaban J connectivity index is 1.67. The summed E-state index contributed by atoms with van der Waals surface area (Å²) in [4.78, 5) is 0. The van der Waals surface area contributed by atoms with Crippen molar-refractivity contribution in [1.82, 2.24) is 9.62 Å². The third-order valence-corrected chi connectivity index (χ3v) is 7.84. The van der Waals surface area contributed by atoms with Gasteiger partial charge in [-0.2, -0.15) is 12.7 Å². The Morgan fingerprint density at radius 3 is 2.44 bits per heavy atom. The smallest absolute Gasteiger partial charge is 0.301 e. The summed E-state index contributed by atoms with van der Waals surface area (Å²) in [6.07, 6.45) is 2.33. The summed E-state index contributed by atoms with van der Waals surface area (Å²) in [7, 11) is -2.38. The topological polar surface area (TPSA) is 82.7 Å². The van der Waals surface area contributed by atoms with E-state index in [9.17, 15) is 21.6 Å². The highest BCUT2D eigenvalue weighted by Gasteiger charge is 2.29. The molecule has 0 radical (unpaired) electrons. The molecule has 0 aromatic heterocycles.